The largest absolute Gasteiger partial charge is 0.416 e. The first-order valence-corrected chi connectivity index (χ1v) is 11.3. The van der Waals surface area contributed by atoms with Crippen LogP contribution in [0.25, 0.3) is 5.69 Å². The number of hydrogen-bond acceptors (Lipinski definition) is 3. The molecule has 0 aliphatic rings. The molecular weight excluding hydrogens is 469 g/mol. The van der Waals surface area contributed by atoms with Crippen molar-refractivity contribution in [1.29, 1.82) is 0 Å². The van der Waals surface area contributed by atoms with Crippen molar-refractivity contribution in [1.82, 2.24) is 19.7 Å². The Morgan fingerprint density at radius 2 is 1.78 bits per heavy atom. The average Bonchev–Trinajstić information content (AvgIpc) is 3.16. The zero-order valence-corrected chi connectivity index (χ0v) is 20.1. The third-order valence-corrected chi connectivity index (χ3v) is 5.79. The van der Waals surface area contributed by atoms with Crippen LogP contribution in [0.3, 0.4) is 0 Å². The van der Waals surface area contributed by atoms with E-state index in [2.05, 4.69) is 10.4 Å². The fourth-order valence-electron chi connectivity index (χ4n) is 4.12. The minimum Gasteiger partial charge on any atom is -0.348 e. The molecule has 2 aromatic heterocycles. The molecular formula is C27H25F3N4O2. The molecule has 0 spiro atoms. The van der Waals surface area contributed by atoms with Gasteiger partial charge < -0.3 is 9.88 Å². The molecule has 4 aromatic rings. The molecule has 1 N–H and O–H groups in total. The van der Waals surface area contributed by atoms with Gasteiger partial charge >= 0.3 is 6.18 Å². The van der Waals surface area contributed by atoms with Crippen LogP contribution in [0.2, 0.25) is 0 Å². The van der Waals surface area contributed by atoms with Gasteiger partial charge in [-0.2, -0.15) is 18.3 Å². The lowest BCUT2D eigenvalue weighted by molar-refractivity contribution is -0.138. The Hall–Kier alpha value is -4.14. The monoisotopic (exact) mass is 494 g/mol. The van der Waals surface area contributed by atoms with Gasteiger partial charge in [-0.05, 0) is 62.2 Å². The fourth-order valence-corrected chi connectivity index (χ4v) is 4.12. The number of nitrogens with one attached hydrogen (secondary N) is 1. The Labute approximate surface area is 206 Å². The molecule has 0 saturated heterocycles. The third-order valence-electron chi connectivity index (χ3n) is 5.79. The lowest BCUT2D eigenvalue weighted by atomic mass is 10.1. The second-order valence-electron chi connectivity index (χ2n) is 8.70. The summed E-state index contributed by atoms with van der Waals surface area (Å²) in [4.78, 5) is 25.7. The second kappa shape index (κ2) is 9.85. The normalized spacial score (nSPS) is 11.5. The van der Waals surface area contributed by atoms with E-state index in [1.165, 1.54) is 27.4 Å². The summed E-state index contributed by atoms with van der Waals surface area (Å²) >= 11 is 0. The summed E-state index contributed by atoms with van der Waals surface area (Å²) in [7, 11) is 0. The van der Waals surface area contributed by atoms with Crippen molar-refractivity contribution in [3.8, 4) is 5.69 Å². The number of alkyl halides is 3. The zero-order chi connectivity index (χ0) is 26.0. The van der Waals surface area contributed by atoms with Gasteiger partial charge in [-0.1, -0.05) is 35.9 Å². The first-order valence-electron chi connectivity index (χ1n) is 11.3. The van der Waals surface area contributed by atoms with E-state index in [1.54, 1.807) is 32.2 Å². The highest BCUT2D eigenvalue weighted by Crippen LogP contribution is 2.33. The van der Waals surface area contributed by atoms with Crippen LogP contribution in [0.15, 0.2) is 71.7 Å². The first kappa shape index (κ1) is 25.0. The minimum atomic E-state index is -4.64. The molecule has 6 nitrogen and oxygen atoms in total. The summed E-state index contributed by atoms with van der Waals surface area (Å²) in [6, 6.07) is 16.2. The Bertz CT molecular complexity index is 1490. The maximum Gasteiger partial charge on any atom is 0.416 e. The van der Waals surface area contributed by atoms with Crippen molar-refractivity contribution < 1.29 is 18.0 Å². The maximum absolute atomic E-state index is 13.9. The van der Waals surface area contributed by atoms with E-state index in [0.29, 0.717) is 11.4 Å². The second-order valence-corrected chi connectivity index (χ2v) is 8.70. The molecule has 0 atom stereocenters. The number of nitrogens with zero attached hydrogens (tertiary/aromatic N) is 3. The smallest absolute Gasteiger partial charge is 0.348 e. The van der Waals surface area contributed by atoms with E-state index in [1.807, 2.05) is 31.2 Å². The highest BCUT2D eigenvalue weighted by molar-refractivity contribution is 5.93. The topological polar surface area (TPSA) is 68.9 Å². The quantitative estimate of drug-likeness (QED) is 0.412. The Balaban J connectivity index is 1.56. The number of benzene rings is 2. The van der Waals surface area contributed by atoms with Gasteiger partial charge in [-0.25, -0.2) is 4.68 Å². The molecule has 0 radical (unpaired) electrons. The van der Waals surface area contributed by atoms with E-state index in [4.69, 9.17) is 0 Å². The van der Waals surface area contributed by atoms with Crippen LogP contribution in [0, 0.1) is 20.8 Å². The molecule has 0 bridgehead atoms. The molecule has 4 rings (SSSR count). The Morgan fingerprint density at radius 3 is 2.44 bits per heavy atom. The van der Waals surface area contributed by atoms with Crippen LogP contribution in [-0.4, -0.2) is 20.3 Å². The summed E-state index contributed by atoms with van der Waals surface area (Å²) in [6.45, 7) is 5.34. The van der Waals surface area contributed by atoms with Gasteiger partial charge in [0.2, 0.25) is 0 Å². The predicted molar refractivity (Wildman–Crippen MR) is 130 cm³/mol. The molecule has 1 amide bonds. The number of aryl methyl sites for hydroxylation is 3. The van der Waals surface area contributed by atoms with Gasteiger partial charge in [0.15, 0.2) is 0 Å². The number of rotatable bonds is 6. The van der Waals surface area contributed by atoms with Crippen molar-refractivity contribution in [2.24, 2.45) is 0 Å². The summed E-state index contributed by atoms with van der Waals surface area (Å²) in [6.07, 6.45) is -3.07. The van der Waals surface area contributed by atoms with Gasteiger partial charge in [0.25, 0.3) is 11.5 Å². The van der Waals surface area contributed by atoms with Gasteiger partial charge in [0.1, 0.15) is 5.56 Å². The number of carbonyl (C=O) groups is 1. The summed E-state index contributed by atoms with van der Waals surface area (Å²) < 4.78 is 44.4. The van der Waals surface area contributed by atoms with Gasteiger partial charge in [-0.15, -0.1) is 0 Å². The first-order chi connectivity index (χ1) is 17.0. The van der Waals surface area contributed by atoms with Crippen molar-refractivity contribution in [2.75, 3.05) is 0 Å². The van der Waals surface area contributed by atoms with E-state index in [9.17, 15) is 22.8 Å². The molecule has 0 saturated carbocycles. The maximum atomic E-state index is 13.9. The summed E-state index contributed by atoms with van der Waals surface area (Å²) in [5.74, 6) is -0.741. The van der Waals surface area contributed by atoms with Crippen molar-refractivity contribution in [3.63, 3.8) is 0 Å². The lowest BCUT2D eigenvalue weighted by Crippen LogP contribution is -2.33. The molecule has 2 aromatic carbocycles. The predicted octanol–water partition coefficient (Wildman–Crippen LogP) is 4.96. The molecule has 0 fully saturated rings. The van der Waals surface area contributed by atoms with E-state index >= 15 is 0 Å². The minimum absolute atomic E-state index is 0.114. The number of halogens is 3. The van der Waals surface area contributed by atoms with Crippen LogP contribution >= 0.6 is 0 Å². The van der Waals surface area contributed by atoms with Crippen LogP contribution < -0.4 is 10.9 Å². The van der Waals surface area contributed by atoms with Gasteiger partial charge in [-0.3, -0.25) is 9.59 Å². The lowest BCUT2D eigenvalue weighted by Gasteiger charge is -2.16. The van der Waals surface area contributed by atoms with E-state index < -0.39 is 29.8 Å². The van der Waals surface area contributed by atoms with Crippen molar-refractivity contribution in [2.45, 2.75) is 40.0 Å². The standard InChI is InChI=1S/C27H25F3N4O2/c1-17-6-4-7-20(12-17)16-33-11-5-8-23(26(33)36)25(35)31-15-21-9-10-22(14-24(21)27(28,29)30)34-19(3)13-18(2)32-34/h4-14H,15-16H2,1-3H3,(H,31,35). The van der Waals surface area contributed by atoms with Crippen LogP contribution in [0.5, 0.6) is 0 Å². The van der Waals surface area contributed by atoms with Crippen molar-refractivity contribution >= 4 is 5.91 Å². The van der Waals surface area contributed by atoms with Gasteiger partial charge in [0.05, 0.1) is 23.5 Å². The van der Waals surface area contributed by atoms with Crippen LogP contribution in [-0.2, 0) is 19.3 Å². The number of amides is 1. The molecule has 9 heteroatoms. The number of aromatic nitrogens is 3. The molecule has 0 aliphatic carbocycles. The zero-order valence-electron chi connectivity index (χ0n) is 20.1. The number of pyridine rings is 1. The fraction of sp³-hybridized carbons (Fsp3) is 0.222. The third kappa shape index (κ3) is 5.40. The summed E-state index contributed by atoms with van der Waals surface area (Å²) in [5, 5.41) is 6.71. The van der Waals surface area contributed by atoms with Crippen LogP contribution in [0.1, 0.15) is 44.0 Å². The summed E-state index contributed by atoms with van der Waals surface area (Å²) in [5.41, 5.74) is 1.94. The average molecular weight is 495 g/mol. The molecule has 0 aliphatic heterocycles. The number of carbonyl (C=O) groups excluding carboxylic acids is 1. The highest BCUT2D eigenvalue weighted by atomic mass is 19.4. The van der Waals surface area contributed by atoms with Crippen LogP contribution in [0.4, 0.5) is 13.2 Å². The molecule has 0 unspecified atom stereocenters. The molecule has 186 valence electrons. The molecule has 36 heavy (non-hydrogen) atoms. The molecule has 2 heterocycles. The Kier molecular flexibility index (Phi) is 6.83. The Morgan fingerprint density at radius 1 is 1.00 bits per heavy atom. The van der Waals surface area contributed by atoms with E-state index in [-0.39, 0.29) is 23.4 Å². The highest BCUT2D eigenvalue weighted by Gasteiger charge is 2.34. The van der Waals surface area contributed by atoms with Gasteiger partial charge in [0, 0.05) is 18.4 Å². The number of hydrogen-bond donors (Lipinski definition) is 1. The SMILES string of the molecule is Cc1cccc(Cn2cccc(C(=O)NCc3ccc(-n4nc(C)cc4C)cc3C(F)(F)F)c2=O)c1. The van der Waals surface area contributed by atoms with E-state index in [0.717, 1.165) is 17.2 Å². The van der Waals surface area contributed by atoms with Crippen molar-refractivity contribution in [3.05, 3.63) is 116 Å².